The molecule has 0 amide bonds. The maximum Gasteiger partial charge on any atom is 0.227 e. The highest BCUT2D eigenvalue weighted by Crippen LogP contribution is 2.34. The molecular formula is C36H22N4O. The van der Waals surface area contributed by atoms with Crippen LogP contribution in [0.1, 0.15) is 0 Å². The smallest absolute Gasteiger partial charge is 0.227 e. The molecule has 0 N–H and O–H groups in total. The number of rotatable bonds is 4. The van der Waals surface area contributed by atoms with Crippen LogP contribution in [0, 0.1) is 0 Å². The Morgan fingerprint density at radius 3 is 1.66 bits per heavy atom. The number of hydrogen-bond acceptors (Lipinski definition) is 5. The minimum atomic E-state index is 0.599. The fourth-order valence-corrected chi connectivity index (χ4v) is 5.23. The van der Waals surface area contributed by atoms with E-state index in [1.54, 1.807) is 0 Å². The molecule has 0 spiro atoms. The lowest BCUT2D eigenvalue weighted by molar-refractivity contribution is 0.623. The Balaban J connectivity index is 1.29. The average Bonchev–Trinajstić information content (AvgIpc) is 3.50. The first kappa shape index (κ1) is 23.2. The molecule has 192 valence electrons. The summed E-state index contributed by atoms with van der Waals surface area (Å²) in [5, 5.41) is 4.35. The predicted molar refractivity (Wildman–Crippen MR) is 164 cm³/mol. The van der Waals surface area contributed by atoms with E-state index in [9.17, 15) is 0 Å². The lowest BCUT2D eigenvalue weighted by atomic mass is 10.1. The molecule has 0 bridgehead atoms. The van der Waals surface area contributed by atoms with Gasteiger partial charge in [-0.25, -0.2) is 19.9 Å². The maximum atomic E-state index is 6.43. The van der Waals surface area contributed by atoms with Gasteiger partial charge in [-0.1, -0.05) is 109 Å². The molecule has 0 saturated carbocycles. The van der Waals surface area contributed by atoms with Gasteiger partial charge in [0.1, 0.15) is 5.52 Å². The first-order valence-corrected chi connectivity index (χ1v) is 13.5. The highest BCUT2D eigenvalue weighted by molar-refractivity contribution is 6.05. The van der Waals surface area contributed by atoms with E-state index in [1.807, 2.05) is 84.9 Å². The van der Waals surface area contributed by atoms with Crippen molar-refractivity contribution in [2.75, 3.05) is 0 Å². The van der Waals surface area contributed by atoms with Crippen LogP contribution in [0.5, 0.6) is 0 Å². The van der Waals surface area contributed by atoms with Gasteiger partial charge in [0.15, 0.2) is 23.1 Å². The van der Waals surface area contributed by atoms with Crippen LogP contribution in [-0.2, 0) is 0 Å². The monoisotopic (exact) mass is 526 g/mol. The zero-order valence-corrected chi connectivity index (χ0v) is 21.9. The fourth-order valence-electron chi connectivity index (χ4n) is 5.23. The molecule has 0 saturated heterocycles. The van der Waals surface area contributed by atoms with Crippen molar-refractivity contribution >= 4 is 32.6 Å². The summed E-state index contributed by atoms with van der Waals surface area (Å²) in [7, 11) is 0. The standard InChI is InChI=1S/C36H22N4O/c1-3-10-25(11-4-1)33-38-34(26-12-5-2-6-13-26)40-35(39-33)28-17-16-24-19-20-31-32(30(24)22-28)41-36(37-31)29-18-15-23-9-7-8-14-27(23)21-29/h1-22H. The maximum absolute atomic E-state index is 6.43. The van der Waals surface area contributed by atoms with Gasteiger partial charge in [0.25, 0.3) is 0 Å². The van der Waals surface area contributed by atoms with Crippen molar-refractivity contribution in [2.45, 2.75) is 0 Å². The Morgan fingerprint density at radius 1 is 0.390 bits per heavy atom. The van der Waals surface area contributed by atoms with E-state index in [0.29, 0.717) is 23.4 Å². The van der Waals surface area contributed by atoms with Gasteiger partial charge in [-0.3, -0.25) is 0 Å². The van der Waals surface area contributed by atoms with Crippen molar-refractivity contribution in [1.82, 2.24) is 19.9 Å². The number of nitrogens with zero attached hydrogens (tertiary/aromatic N) is 4. The van der Waals surface area contributed by atoms with E-state index in [4.69, 9.17) is 24.4 Å². The van der Waals surface area contributed by atoms with Gasteiger partial charge >= 0.3 is 0 Å². The molecular weight excluding hydrogens is 504 g/mol. The van der Waals surface area contributed by atoms with Crippen LogP contribution in [0.15, 0.2) is 138 Å². The minimum absolute atomic E-state index is 0.599. The van der Waals surface area contributed by atoms with Gasteiger partial charge in [0.05, 0.1) is 0 Å². The SMILES string of the molecule is c1ccc(-c2nc(-c3ccccc3)nc(-c3ccc4ccc5nc(-c6ccc7ccccc7c6)oc5c4c3)n2)cc1. The van der Waals surface area contributed by atoms with E-state index < -0.39 is 0 Å². The summed E-state index contributed by atoms with van der Waals surface area (Å²) in [6.45, 7) is 0. The lowest BCUT2D eigenvalue weighted by Gasteiger charge is -2.09. The molecule has 8 rings (SSSR count). The normalized spacial score (nSPS) is 11.4. The van der Waals surface area contributed by atoms with Gasteiger partial charge in [0.2, 0.25) is 5.89 Å². The quantitative estimate of drug-likeness (QED) is 0.229. The van der Waals surface area contributed by atoms with Crippen molar-refractivity contribution in [3.05, 3.63) is 133 Å². The predicted octanol–water partition coefficient (Wildman–Crippen LogP) is 8.99. The van der Waals surface area contributed by atoms with Crippen LogP contribution in [0.25, 0.3) is 78.3 Å². The second-order valence-electron chi connectivity index (χ2n) is 9.97. The van der Waals surface area contributed by atoms with Gasteiger partial charge in [-0.2, -0.15) is 0 Å². The summed E-state index contributed by atoms with van der Waals surface area (Å²) in [6, 6.07) is 44.9. The van der Waals surface area contributed by atoms with E-state index in [1.165, 1.54) is 5.39 Å². The molecule has 2 heterocycles. The molecule has 8 aromatic rings. The third-order valence-corrected chi connectivity index (χ3v) is 7.33. The molecule has 6 aromatic carbocycles. The van der Waals surface area contributed by atoms with E-state index in [0.717, 1.165) is 49.5 Å². The summed E-state index contributed by atoms with van der Waals surface area (Å²) in [5.41, 5.74) is 5.25. The third kappa shape index (κ3) is 4.21. The zero-order valence-electron chi connectivity index (χ0n) is 21.9. The van der Waals surface area contributed by atoms with Crippen molar-refractivity contribution < 1.29 is 4.42 Å². The first-order chi connectivity index (χ1) is 20.3. The van der Waals surface area contributed by atoms with Crippen LogP contribution in [0.2, 0.25) is 0 Å². The van der Waals surface area contributed by atoms with E-state index in [2.05, 4.69) is 48.5 Å². The number of hydrogen-bond donors (Lipinski definition) is 0. The van der Waals surface area contributed by atoms with Crippen LogP contribution < -0.4 is 0 Å². The molecule has 5 heteroatoms. The van der Waals surface area contributed by atoms with E-state index in [-0.39, 0.29) is 0 Å². The molecule has 0 aliphatic rings. The third-order valence-electron chi connectivity index (χ3n) is 7.33. The van der Waals surface area contributed by atoms with Crippen LogP contribution in [0.3, 0.4) is 0 Å². The summed E-state index contributed by atoms with van der Waals surface area (Å²) in [4.78, 5) is 19.5. The highest BCUT2D eigenvalue weighted by Gasteiger charge is 2.15. The molecule has 5 nitrogen and oxygen atoms in total. The number of aromatic nitrogens is 4. The van der Waals surface area contributed by atoms with Crippen molar-refractivity contribution in [1.29, 1.82) is 0 Å². The van der Waals surface area contributed by atoms with Crippen molar-refractivity contribution in [2.24, 2.45) is 0 Å². The number of benzene rings is 6. The van der Waals surface area contributed by atoms with Gasteiger partial charge < -0.3 is 4.42 Å². The molecule has 41 heavy (non-hydrogen) atoms. The van der Waals surface area contributed by atoms with Crippen LogP contribution in [-0.4, -0.2) is 19.9 Å². The minimum Gasteiger partial charge on any atom is -0.435 e. The highest BCUT2D eigenvalue weighted by atomic mass is 16.3. The van der Waals surface area contributed by atoms with Crippen LogP contribution >= 0.6 is 0 Å². The molecule has 0 atom stereocenters. The average molecular weight is 527 g/mol. The topological polar surface area (TPSA) is 64.7 Å². The fraction of sp³-hybridized carbons (Fsp3) is 0. The molecule has 0 aliphatic carbocycles. The Morgan fingerprint density at radius 2 is 0.951 bits per heavy atom. The second kappa shape index (κ2) is 9.50. The lowest BCUT2D eigenvalue weighted by Crippen LogP contribution is -2.00. The van der Waals surface area contributed by atoms with Crippen molar-refractivity contribution in [3.8, 4) is 45.6 Å². The Kier molecular flexibility index (Phi) is 5.38. The molecule has 0 fully saturated rings. The van der Waals surface area contributed by atoms with Gasteiger partial charge in [-0.15, -0.1) is 0 Å². The molecule has 0 radical (unpaired) electrons. The Bertz CT molecular complexity index is 2150. The summed E-state index contributed by atoms with van der Waals surface area (Å²) >= 11 is 0. The van der Waals surface area contributed by atoms with E-state index >= 15 is 0 Å². The van der Waals surface area contributed by atoms with Crippen LogP contribution in [0.4, 0.5) is 0 Å². The summed E-state index contributed by atoms with van der Waals surface area (Å²) in [6.07, 6.45) is 0. The molecule has 0 unspecified atom stereocenters. The summed E-state index contributed by atoms with van der Waals surface area (Å²) in [5.74, 6) is 2.46. The number of oxazole rings is 1. The van der Waals surface area contributed by atoms with Crippen molar-refractivity contribution in [3.63, 3.8) is 0 Å². The zero-order chi connectivity index (χ0) is 27.2. The van der Waals surface area contributed by atoms with Gasteiger partial charge in [-0.05, 0) is 40.4 Å². The largest absolute Gasteiger partial charge is 0.435 e. The summed E-state index contributed by atoms with van der Waals surface area (Å²) < 4.78 is 6.43. The first-order valence-electron chi connectivity index (χ1n) is 13.5. The second-order valence-corrected chi connectivity index (χ2v) is 9.97. The molecule has 2 aromatic heterocycles. The Labute approximate surface area is 235 Å². The van der Waals surface area contributed by atoms with Gasteiger partial charge in [0, 0.05) is 27.6 Å². The molecule has 0 aliphatic heterocycles. The Hall–Kier alpha value is -5.68. The number of fused-ring (bicyclic) bond motifs is 4.